The van der Waals surface area contributed by atoms with Crippen LogP contribution >= 0.6 is 0 Å². The molecule has 0 bridgehead atoms. The topological polar surface area (TPSA) is 52.6 Å². The summed E-state index contributed by atoms with van der Waals surface area (Å²) in [6.45, 7) is 7.39. The summed E-state index contributed by atoms with van der Waals surface area (Å²) in [5.41, 5.74) is -1.38. The highest BCUT2D eigenvalue weighted by Gasteiger charge is 2.24. The molecular formula is C15H22F2N2O2. The molecule has 4 nitrogen and oxygen atoms in total. The van der Waals surface area contributed by atoms with E-state index in [1.54, 1.807) is 27.7 Å². The first-order valence-electron chi connectivity index (χ1n) is 6.94. The molecule has 118 valence electrons. The molecule has 0 spiro atoms. The van der Waals surface area contributed by atoms with Crippen molar-refractivity contribution in [3.63, 3.8) is 0 Å². The first kappa shape index (κ1) is 17.4. The van der Waals surface area contributed by atoms with Crippen LogP contribution in [-0.4, -0.2) is 41.1 Å². The minimum atomic E-state index is -1.08. The van der Waals surface area contributed by atoms with Gasteiger partial charge in [-0.1, -0.05) is 0 Å². The van der Waals surface area contributed by atoms with Crippen molar-refractivity contribution in [1.29, 1.82) is 0 Å². The Morgan fingerprint density at radius 1 is 1.29 bits per heavy atom. The van der Waals surface area contributed by atoms with Gasteiger partial charge in [-0.05, 0) is 39.8 Å². The molecule has 0 atom stereocenters. The van der Waals surface area contributed by atoms with E-state index in [2.05, 4.69) is 5.32 Å². The lowest BCUT2D eigenvalue weighted by molar-refractivity contribution is 0.0314. The van der Waals surface area contributed by atoms with Gasteiger partial charge in [0.2, 0.25) is 0 Å². The molecule has 0 aliphatic rings. The third kappa shape index (κ3) is 4.67. The number of benzene rings is 1. The molecule has 0 saturated carbocycles. The fourth-order valence-corrected chi connectivity index (χ4v) is 2.02. The molecular weight excluding hydrogens is 278 g/mol. The maximum absolute atomic E-state index is 13.8. The Morgan fingerprint density at radius 3 is 2.19 bits per heavy atom. The van der Waals surface area contributed by atoms with Gasteiger partial charge in [0.25, 0.3) is 5.91 Å². The van der Waals surface area contributed by atoms with E-state index in [0.29, 0.717) is 13.1 Å². The summed E-state index contributed by atoms with van der Waals surface area (Å²) in [6, 6.07) is 2.02. The minimum Gasteiger partial charge on any atom is -0.389 e. The average molecular weight is 300 g/mol. The van der Waals surface area contributed by atoms with Gasteiger partial charge >= 0.3 is 0 Å². The number of carbonyl (C=O) groups is 1. The van der Waals surface area contributed by atoms with Crippen LogP contribution in [0.1, 0.15) is 38.1 Å². The van der Waals surface area contributed by atoms with Crippen LogP contribution in [0.4, 0.5) is 14.5 Å². The van der Waals surface area contributed by atoms with Gasteiger partial charge in [-0.3, -0.25) is 4.79 Å². The molecule has 21 heavy (non-hydrogen) atoms. The number of nitrogens with one attached hydrogen (secondary N) is 1. The Balaban J connectivity index is 3.07. The van der Waals surface area contributed by atoms with Crippen molar-refractivity contribution in [2.45, 2.75) is 33.3 Å². The summed E-state index contributed by atoms with van der Waals surface area (Å²) in [7, 11) is 0. The maximum Gasteiger partial charge on any atom is 0.254 e. The molecule has 0 aliphatic carbocycles. The van der Waals surface area contributed by atoms with Gasteiger partial charge in [0.1, 0.15) is 17.3 Å². The van der Waals surface area contributed by atoms with Gasteiger partial charge in [-0.2, -0.15) is 0 Å². The lowest BCUT2D eigenvalue weighted by Gasteiger charge is -2.28. The molecule has 2 N–H and O–H groups in total. The number of hydrogen-bond donors (Lipinski definition) is 2. The molecule has 0 unspecified atom stereocenters. The van der Waals surface area contributed by atoms with Crippen molar-refractivity contribution in [1.82, 2.24) is 4.90 Å². The number of nitrogens with zero attached hydrogens (tertiary/aromatic N) is 1. The van der Waals surface area contributed by atoms with Crippen LogP contribution < -0.4 is 5.32 Å². The third-order valence-corrected chi connectivity index (χ3v) is 2.89. The van der Waals surface area contributed by atoms with E-state index in [0.717, 1.165) is 12.1 Å². The number of amides is 1. The molecule has 0 saturated heterocycles. The van der Waals surface area contributed by atoms with E-state index in [-0.39, 0.29) is 17.8 Å². The maximum atomic E-state index is 13.8. The molecule has 0 fully saturated rings. The molecule has 0 aromatic heterocycles. The normalized spacial score (nSPS) is 11.4. The highest BCUT2D eigenvalue weighted by Crippen LogP contribution is 2.22. The molecule has 0 aliphatic heterocycles. The molecule has 1 amide bonds. The summed E-state index contributed by atoms with van der Waals surface area (Å²) in [5.74, 6) is -2.13. The summed E-state index contributed by atoms with van der Waals surface area (Å²) < 4.78 is 27.7. The Labute approximate surface area is 123 Å². The van der Waals surface area contributed by atoms with Gasteiger partial charge in [0.05, 0.1) is 5.60 Å². The zero-order valence-electron chi connectivity index (χ0n) is 12.8. The van der Waals surface area contributed by atoms with Gasteiger partial charge in [0.15, 0.2) is 0 Å². The SMILES string of the molecule is CCNc1c(F)cc(C(=O)N(CC)CC(C)(C)O)cc1F. The predicted molar refractivity (Wildman–Crippen MR) is 78.4 cm³/mol. The number of aliphatic hydroxyl groups is 1. The fraction of sp³-hybridized carbons (Fsp3) is 0.533. The molecule has 1 aromatic rings. The first-order valence-corrected chi connectivity index (χ1v) is 6.94. The number of rotatable bonds is 6. The van der Waals surface area contributed by atoms with Crippen molar-refractivity contribution >= 4 is 11.6 Å². The van der Waals surface area contributed by atoms with E-state index in [1.807, 2.05) is 0 Å². The van der Waals surface area contributed by atoms with Crippen molar-refractivity contribution in [3.8, 4) is 0 Å². The van der Waals surface area contributed by atoms with Gasteiger partial charge < -0.3 is 15.3 Å². The van der Waals surface area contributed by atoms with E-state index in [4.69, 9.17) is 0 Å². The van der Waals surface area contributed by atoms with Crippen LogP contribution in [0.15, 0.2) is 12.1 Å². The number of hydrogen-bond acceptors (Lipinski definition) is 3. The van der Waals surface area contributed by atoms with Crippen molar-refractivity contribution in [2.75, 3.05) is 25.0 Å². The van der Waals surface area contributed by atoms with E-state index in [9.17, 15) is 18.7 Å². The largest absolute Gasteiger partial charge is 0.389 e. The van der Waals surface area contributed by atoms with Crippen LogP contribution in [0.2, 0.25) is 0 Å². The monoisotopic (exact) mass is 300 g/mol. The molecule has 0 heterocycles. The summed E-state index contributed by atoms with van der Waals surface area (Å²) in [4.78, 5) is 13.6. The summed E-state index contributed by atoms with van der Waals surface area (Å²) in [6.07, 6.45) is 0. The van der Waals surface area contributed by atoms with Crippen LogP contribution in [-0.2, 0) is 0 Å². The first-order chi connectivity index (χ1) is 9.69. The lowest BCUT2D eigenvalue weighted by atomic mass is 10.1. The predicted octanol–water partition coefficient (Wildman–Crippen LogP) is 2.63. The van der Waals surface area contributed by atoms with Crippen LogP contribution in [0.25, 0.3) is 0 Å². The standard InChI is InChI=1S/C15H22F2N2O2/c1-5-18-13-11(16)7-10(8-12(13)17)14(20)19(6-2)9-15(3,4)21/h7-8,18,21H,5-6,9H2,1-4H3. The van der Waals surface area contributed by atoms with Crippen molar-refractivity contribution in [3.05, 3.63) is 29.3 Å². The van der Waals surface area contributed by atoms with Crippen LogP contribution in [0, 0.1) is 11.6 Å². The Kier molecular flexibility index (Phi) is 5.66. The lowest BCUT2D eigenvalue weighted by Crippen LogP contribution is -2.42. The number of anilines is 1. The van der Waals surface area contributed by atoms with Gasteiger partial charge in [0, 0.05) is 25.2 Å². The molecule has 1 rings (SSSR count). The van der Waals surface area contributed by atoms with E-state index in [1.165, 1.54) is 4.90 Å². The van der Waals surface area contributed by atoms with Gasteiger partial charge in [-0.25, -0.2) is 8.78 Å². The Bertz CT molecular complexity index is 490. The summed E-state index contributed by atoms with van der Waals surface area (Å²) in [5, 5.41) is 12.4. The molecule has 1 aromatic carbocycles. The summed E-state index contributed by atoms with van der Waals surface area (Å²) >= 11 is 0. The van der Waals surface area contributed by atoms with Crippen molar-refractivity contribution in [2.24, 2.45) is 0 Å². The average Bonchev–Trinajstić information content (AvgIpc) is 2.38. The van der Waals surface area contributed by atoms with E-state index >= 15 is 0 Å². The second-order valence-corrected chi connectivity index (χ2v) is 5.48. The zero-order chi connectivity index (χ0) is 16.2. The smallest absolute Gasteiger partial charge is 0.254 e. The second-order valence-electron chi connectivity index (χ2n) is 5.48. The van der Waals surface area contributed by atoms with Crippen molar-refractivity contribution < 1.29 is 18.7 Å². The number of carbonyl (C=O) groups excluding carboxylic acids is 1. The Morgan fingerprint density at radius 2 is 1.81 bits per heavy atom. The second kappa shape index (κ2) is 6.85. The zero-order valence-corrected chi connectivity index (χ0v) is 12.8. The highest BCUT2D eigenvalue weighted by atomic mass is 19.1. The van der Waals surface area contributed by atoms with E-state index < -0.39 is 23.1 Å². The van der Waals surface area contributed by atoms with Crippen LogP contribution in [0.5, 0.6) is 0 Å². The quantitative estimate of drug-likeness (QED) is 0.849. The number of likely N-dealkylation sites (N-methyl/N-ethyl adjacent to an activating group) is 1. The third-order valence-electron chi connectivity index (χ3n) is 2.89. The van der Waals surface area contributed by atoms with Crippen LogP contribution in [0.3, 0.4) is 0 Å². The van der Waals surface area contributed by atoms with Gasteiger partial charge in [-0.15, -0.1) is 0 Å². The molecule has 0 radical (unpaired) electrons. The Hall–Kier alpha value is -1.69. The number of halogens is 2. The fourth-order valence-electron chi connectivity index (χ4n) is 2.02. The highest BCUT2D eigenvalue weighted by molar-refractivity contribution is 5.94. The molecule has 6 heteroatoms. The minimum absolute atomic E-state index is 0.0715.